The average Bonchev–Trinajstić information content (AvgIpc) is 2.72. The van der Waals surface area contributed by atoms with E-state index in [2.05, 4.69) is 35.1 Å². The van der Waals surface area contributed by atoms with Crippen LogP contribution in [-0.2, 0) is 6.18 Å². The van der Waals surface area contributed by atoms with Gasteiger partial charge in [0.2, 0.25) is 0 Å². The van der Waals surface area contributed by atoms with Gasteiger partial charge < -0.3 is 9.13 Å². The van der Waals surface area contributed by atoms with Crippen molar-refractivity contribution in [2.75, 3.05) is 0 Å². The van der Waals surface area contributed by atoms with Gasteiger partial charge in [-0.3, -0.25) is 0 Å². The van der Waals surface area contributed by atoms with Gasteiger partial charge in [0.25, 0.3) is 0 Å². The smallest absolute Gasteiger partial charge is 0.309 e. The van der Waals surface area contributed by atoms with Gasteiger partial charge in [-0.05, 0) is 171 Å². The Balaban J connectivity index is 1.16. The highest BCUT2D eigenvalue weighted by Crippen LogP contribution is 2.49. The first kappa shape index (κ1) is 51.9. The number of hydrogen-bond acceptors (Lipinski definition) is 13. The molecular formula is C65H48F3N15. The van der Waals surface area contributed by atoms with Gasteiger partial charge in [0.15, 0.2) is 23.3 Å². The van der Waals surface area contributed by atoms with E-state index < -0.39 is 11.7 Å². The molecule has 0 aliphatic heterocycles. The van der Waals surface area contributed by atoms with Crippen LogP contribution < -0.4 is 0 Å². The number of fused-ring (bicyclic) bond motifs is 6. The average molecular weight is 1100 g/mol. The summed E-state index contributed by atoms with van der Waals surface area (Å²) < 4.78 is 51.5. The first-order valence-electron chi connectivity index (χ1n) is 26.7. The third-order valence-electron chi connectivity index (χ3n) is 14.7. The third-order valence-corrected chi connectivity index (χ3v) is 14.7. The molecule has 18 heteroatoms. The van der Waals surface area contributed by atoms with Crippen LogP contribution in [0.3, 0.4) is 0 Å². The number of aromatic nitrogens is 14. The molecule has 404 valence electrons. The lowest BCUT2D eigenvalue weighted by Gasteiger charge is -2.24. The van der Waals surface area contributed by atoms with Crippen LogP contribution in [-0.4, -0.2) is 68.9 Å². The minimum absolute atomic E-state index is 0.0625. The largest absolute Gasteiger partial charge is 0.417 e. The highest BCUT2D eigenvalue weighted by atomic mass is 19.4. The van der Waals surface area contributed by atoms with Gasteiger partial charge >= 0.3 is 6.18 Å². The molecule has 0 spiro atoms. The number of alkyl halides is 3. The fourth-order valence-corrected chi connectivity index (χ4v) is 11.5. The van der Waals surface area contributed by atoms with Crippen LogP contribution in [0.1, 0.15) is 63.3 Å². The maximum Gasteiger partial charge on any atom is 0.417 e. The highest BCUT2D eigenvalue weighted by Gasteiger charge is 2.36. The number of hydrogen-bond donors (Lipinski definition) is 0. The molecule has 7 aromatic carbocycles. The molecular weight excluding hydrogens is 1050 g/mol. The van der Waals surface area contributed by atoms with Gasteiger partial charge in [0.1, 0.15) is 46.6 Å². The summed E-state index contributed by atoms with van der Waals surface area (Å²) in [7, 11) is 0. The lowest BCUT2D eigenvalue weighted by molar-refractivity contribution is -0.137. The molecule has 0 unspecified atom stereocenters. The Kier molecular flexibility index (Phi) is 12.3. The van der Waals surface area contributed by atoms with E-state index >= 15 is 13.2 Å². The van der Waals surface area contributed by atoms with Gasteiger partial charge in [0, 0.05) is 54.9 Å². The van der Waals surface area contributed by atoms with E-state index in [1.807, 2.05) is 140 Å². The van der Waals surface area contributed by atoms with Crippen molar-refractivity contribution in [1.29, 1.82) is 5.26 Å². The zero-order valence-electron chi connectivity index (χ0n) is 46.5. The quantitative estimate of drug-likeness (QED) is 0.140. The molecule has 13 aromatic rings. The second kappa shape index (κ2) is 19.6. The zero-order valence-corrected chi connectivity index (χ0v) is 46.5. The van der Waals surface area contributed by atoms with Gasteiger partial charge in [-0.25, -0.2) is 59.8 Å². The Morgan fingerprint density at radius 2 is 0.699 bits per heavy atom. The molecule has 0 amide bonds. The molecule has 0 saturated carbocycles. The summed E-state index contributed by atoms with van der Waals surface area (Å²) >= 11 is 0. The number of nitriles is 1. The summed E-state index contributed by atoms with van der Waals surface area (Å²) in [6.07, 6.45) is -4.77. The van der Waals surface area contributed by atoms with Crippen molar-refractivity contribution in [2.45, 2.75) is 68.5 Å². The molecule has 0 aliphatic carbocycles. The summed E-state index contributed by atoms with van der Waals surface area (Å²) in [4.78, 5) is 55.5. The Labute approximate surface area is 473 Å². The standard InChI is InChI=1S/C65H48F3N15/c1-32-16-21-46(52(26-32)65(66,67)68)47-13-11-15-58(83-55-24-19-43(63-78-37(6)72-38(7)79-63)29-50(55)51-30-44(20-25-56(51)83)64-80-39(8)73-40(9)81-64)60(47)59-45(31-69)12-10-14-57(59)82-53-22-17-41(61-74-33(2)70-34(3)75-61)27-48(53)49-28-42(18-23-54(49)82)62-76-35(4)71-36(5)77-62/h10-30H,1-9H3. The maximum atomic E-state index is 15.8. The molecule has 0 atom stereocenters. The second-order valence-electron chi connectivity index (χ2n) is 20.7. The van der Waals surface area contributed by atoms with E-state index in [9.17, 15) is 5.26 Å². The van der Waals surface area contributed by atoms with Crippen LogP contribution in [0.25, 0.3) is 123 Å². The van der Waals surface area contributed by atoms with E-state index in [1.54, 1.807) is 37.3 Å². The van der Waals surface area contributed by atoms with Gasteiger partial charge in [0.05, 0.1) is 50.6 Å². The summed E-state index contributed by atoms with van der Waals surface area (Å²) in [6, 6.07) is 41.5. The first-order chi connectivity index (χ1) is 39.9. The van der Waals surface area contributed by atoms with Crippen molar-refractivity contribution in [3.05, 3.63) is 191 Å². The molecule has 0 radical (unpaired) electrons. The fourth-order valence-electron chi connectivity index (χ4n) is 11.5. The lowest BCUT2D eigenvalue weighted by Crippen LogP contribution is -2.09. The second-order valence-corrected chi connectivity index (χ2v) is 20.7. The molecule has 0 fully saturated rings. The molecule has 0 bridgehead atoms. The molecule has 6 aromatic heterocycles. The Morgan fingerprint density at radius 1 is 0.361 bits per heavy atom. The number of rotatable bonds is 8. The number of nitrogens with zero attached hydrogens (tertiary/aromatic N) is 15. The maximum absolute atomic E-state index is 15.8. The third kappa shape index (κ3) is 9.12. The number of benzene rings is 7. The molecule has 0 saturated heterocycles. The normalized spacial score (nSPS) is 11.8. The van der Waals surface area contributed by atoms with Gasteiger partial charge in [-0.1, -0.05) is 35.9 Å². The predicted octanol–water partition coefficient (Wildman–Crippen LogP) is 14.3. The van der Waals surface area contributed by atoms with Crippen molar-refractivity contribution in [2.24, 2.45) is 0 Å². The molecule has 6 heterocycles. The van der Waals surface area contributed by atoms with Crippen LogP contribution in [0.5, 0.6) is 0 Å². The minimum atomic E-state index is -4.77. The predicted molar refractivity (Wildman–Crippen MR) is 314 cm³/mol. The Bertz CT molecular complexity index is 4640. The Morgan fingerprint density at radius 3 is 1.04 bits per heavy atom. The fraction of sp³-hybridized carbons (Fsp3) is 0.154. The lowest BCUT2D eigenvalue weighted by atomic mass is 9.86. The van der Waals surface area contributed by atoms with Crippen molar-refractivity contribution in [1.82, 2.24) is 68.9 Å². The highest BCUT2D eigenvalue weighted by molar-refractivity contribution is 6.14. The van der Waals surface area contributed by atoms with Crippen molar-refractivity contribution in [3.63, 3.8) is 0 Å². The van der Waals surface area contributed by atoms with E-state index in [4.69, 9.17) is 39.9 Å². The van der Waals surface area contributed by atoms with E-state index in [0.29, 0.717) is 109 Å². The molecule has 13 rings (SSSR count). The van der Waals surface area contributed by atoms with Gasteiger partial charge in [-0.15, -0.1) is 0 Å². The summed E-state index contributed by atoms with van der Waals surface area (Å²) in [5.74, 6) is 6.45. The van der Waals surface area contributed by atoms with Crippen LogP contribution >= 0.6 is 0 Å². The van der Waals surface area contributed by atoms with E-state index in [1.165, 1.54) is 12.1 Å². The molecule has 0 aliphatic rings. The summed E-state index contributed by atoms with van der Waals surface area (Å²) in [5, 5.41) is 14.7. The van der Waals surface area contributed by atoms with Crippen LogP contribution in [0.15, 0.2) is 127 Å². The van der Waals surface area contributed by atoms with Crippen molar-refractivity contribution >= 4 is 43.6 Å². The molecule has 0 N–H and O–H groups in total. The van der Waals surface area contributed by atoms with Crippen molar-refractivity contribution < 1.29 is 13.2 Å². The van der Waals surface area contributed by atoms with Crippen LogP contribution in [0.2, 0.25) is 0 Å². The first-order valence-corrected chi connectivity index (χ1v) is 26.7. The van der Waals surface area contributed by atoms with Crippen LogP contribution in [0.4, 0.5) is 13.2 Å². The monoisotopic (exact) mass is 1100 g/mol. The van der Waals surface area contributed by atoms with Crippen LogP contribution in [0, 0.1) is 73.6 Å². The number of aryl methyl sites for hydroxylation is 9. The van der Waals surface area contributed by atoms with E-state index in [-0.39, 0.29) is 16.7 Å². The summed E-state index contributed by atoms with van der Waals surface area (Å²) in [5.41, 5.74) is 7.65. The molecule has 83 heavy (non-hydrogen) atoms. The van der Waals surface area contributed by atoms with E-state index in [0.717, 1.165) is 54.8 Å². The summed E-state index contributed by atoms with van der Waals surface area (Å²) in [6.45, 7) is 16.2. The minimum Gasteiger partial charge on any atom is -0.309 e. The topological polar surface area (TPSA) is 188 Å². The zero-order chi connectivity index (χ0) is 57.7. The Hall–Kier alpha value is -10.5. The van der Waals surface area contributed by atoms with Gasteiger partial charge in [-0.2, -0.15) is 18.4 Å². The number of halogens is 3. The molecule has 15 nitrogen and oxygen atoms in total. The SMILES string of the molecule is Cc1ccc(-c2cccc(-n3c4ccc(-c5nc(C)nc(C)n5)cc4c4cc(-c5nc(C)nc(C)n5)ccc43)c2-c2c(C#N)cccc2-n2c3ccc(-c4nc(C)nc(C)n4)cc3c3cc(-c4nc(C)nc(C)n4)ccc32)c(C(F)(F)F)c1. The van der Waals surface area contributed by atoms with Crippen molar-refractivity contribution in [3.8, 4) is 85.2 Å².